The zero-order valence-electron chi connectivity index (χ0n) is 13.6. The first-order valence-electron chi connectivity index (χ1n) is 7.24. The zero-order valence-corrected chi connectivity index (χ0v) is 13.6. The maximum Gasteiger partial charge on any atom is 0.417 e. The van der Waals surface area contributed by atoms with E-state index in [1.165, 1.54) is 14.0 Å². The molecule has 0 saturated carbocycles. The summed E-state index contributed by atoms with van der Waals surface area (Å²) >= 11 is 0. The van der Waals surface area contributed by atoms with E-state index in [0.717, 1.165) is 12.1 Å². The van der Waals surface area contributed by atoms with Crippen molar-refractivity contribution in [1.82, 2.24) is 5.32 Å². The number of carbonyl (C=O) groups is 2. The molecule has 2 amide bonds. The van der Waals surface area contributed by atoms with Crippen LogP contribution in [0.25, 0.3) is 11.1 Å². The van der Waals surface area contributed by atoms with Crippen LogP contribution in [-0.2, 0) is 11.0 Å². The average molecular weight is 372 g/mol. The van der Waals surface area contributed by atoms with Crippen molar-refractivity contribution in [3.8, 4) is 11.1 Å². The van der Waals surface area contributed by atoms with Gasteiger partial charge < -0.3 is 10.6 Å². The molecule has 0 aliphatic carbocycles. The van der Waals surface area contributed by atoms with Crippen LogP contribution in [-0.4, -0.2) is 19.4 Å². The molecule has 0 fully saturated rings. The Morgan fingerprint density at radius 2 is 1.81 bits per heavy atom. The second kappa shape index (κ2) is 7.11. The first-order valence-corrected chi connectivity index (χ1v) is 7.24. The molecule has 0 aromatic heterocycles. The lowest BCUT2D eigenvalue weighted by Gasteiger charge is -2.21. The van der Waals surface area contributed by atoms with E-state index in [4.69, 9.17) is 0 Å². The van der Waals surface area contributed by atoms with Crippen LogP contribution >= 0.6 is 0 Å². The minimum Gasteiger partial charge on any atom is -0.355 e. The number of hydrogen-bond acceptors (Lipinski definition) is 2. The Balaban J connectivity index is 2.95. The summed E-state index contributed by atoms with van der Waals surface area (Å²) in [4.78, 5) is 22.8. The molecular weight excluding hydrogens is 359 g/mol. The summed E-state index contributed by atoms with van der Waals surface area (Å²) in [6.45, 7) is 1.20. The SMILES string of the molecule is CNC(=O)c1cc(C(F)(F)F)c(-c2ccc(F)cc2F)c(C)c1NC=O. The number of nitrogens with one attached hydrogen (secondary N) is 2. The monoisotopic (exact) mass is 372 g/mol. The van der Waals surface area contributed by atoms with E-state index < -0.39 is 46.0 Å². The molecule has 0 aliphatic heterocycles. The smallest absolute Gasteiger partial charge is 0.355 e. The van der Waals surface area contributed by atoms with Crippen LogP contribution < -0.4 is 10.6 Å². The first-order chi connectivity index (χ1) is 12.1. The van der Waals surface area contributed by atoms with E-state index in [2.05, 4.69) is 10.6 Å². The van der Waals surface area contributed by atoms with Gasteiger partial charge in [0.1, 0.15) is 11.6 Å². The van der Waals surface area contributed by atoms with Crippen LogP contribution in [0, 0.1) is 18.6 Å². The molecule has 138 valence electrons. The molecule has 0 bridgehead atoms. The van der Waals surface area contributed by atoms with Crippen molar-refractivity contribution in [2.45, 2.75) is 13.1 Å². The van der Waals surface area contributed by atoms with Gasteiger partial charge in [-0.1, -0.05) is 0 Å². The van der Waals surface area contributed by atoms with E-state index in [9.17, 15) is 31.5 Å². The van der Waals surface area contributed by atoms with Gasteiger partial charge in [-0.05, 0) is 30.7 Å². The first kappa shape index (κ1) is 19.4. The topological polar surface area (TPSA) is 58.2 Å². The number of anilines is 1. The van der Waals surface area contributed by atoms with Gasteiger partial charge in [0.05, 0.1) is 16.8 Å². The number of halogens is 5. The highest BCUT2D eigenvalue weighted by molar-refractivity contribution is 6.04. The van der Waals surface area contributed by atoms with Gasteiger partial charge in [0, 0.05) is 24.2 Å². The van der Waals surface area contributed by atoms with Gasteiger partial charge >= 0.3 is 6.18 Å². The van der Waals surface area contributed by atoms with Crippen LogP contribution in [0.3, 0.4) is 0 Å². The highest BCUT2D eigenvalue weighted by atomic mass is 19.4. The summed E-state index contributed by atoms with van der Waals surface area (Å²) in [7, 11) is 1.21. The molecule has 26 heavy (non-hydrogen) atoms. The van der Waals surface area contributed by atoms with Crippen molar-refractivity contribution in [2.24, 2.45) is 0 Å². The number of amides is 2. The quantitative estimate of drug-likeness (QED) is 0.632. The minimum absolute atomic E-state index is 0.184. The van der Waals surface area contributed by atoms with Crippen molar-refractivity contribution in [1.29, 1.82) is 0 Å². The molecule has 0 heterocycles. The zero-order chi connectivity index (χ0) is 19.6. The summed E-state index contributed by atoms with van der Waals surface area (Å²) in [5, 5.41) is 4.35. The lowest BCUT2D eigenvalue weighted by Crippen LogP contribution is -2.22. The number of rotatable bonds is 4. The summed E-state index contributed by atoms with van der Waals surface area (Å²) in [6.07, 6.45) is -4.74. The molecule has 0 saturated heterocycles. The molecule has 2 N–H and O–H groups in total. The second-order valence-corrected chi connectivity index (χ2v) is 5.31. The van der Waals surface area contributed by atoms with Gasteiger partial charge in [-0.3, -0.25) is 9.59 Å². The number of hydrogen-bond donors (Lipinski definition) is 2. The fourth-order valence-electron chi connectivity index (χ4n) is 2.64. The molecule has 9 heteroatoms. The summed E-state index contributed by atoms with van der Waals surface area (Å²) in [5.74, 6) is -3.02. The Labute approximate surface area is 145 Å². The largest absolute Gasteiger partial charge is 0.417 e. The van der Waals surface area contributed by atoms with E-state index in [1.54, 1.807) is 0 Å². The highest BCUT2D eigenvalue weighted by Crippen LogP contribution is 2.43. The van der Waals surface area contributed by atoms with Gasteiger partial charge in [0.25, 0.3) is 5.91 Å². The van der Waals surface area contributed by atoms with Crippen LogP contribution in [0.15, 0.2) is 24.3 Å². The fraction of sp³-hybridized carbons (Fsp3) is 0.176. The molecule has 2 aromatic carbocycles. The van der Waals surface area contributed by atoms with E-state index in [-0.39, 0.29) is 17.7 Å². The lowest BCUT2D eigenvalue weighted by atomic mass is 9.90. The fourth-order valence-corrected chi connectivity index (χ4v) is 2.64. The van der Waals surface area contributed by atoms with Gasteiger partial charge in [-0.25, -0.2) is 8.78 Å². The Hall–Kier alpha value is -2.97. The van der Waals surface area contributed by atoms with Crippen LogP contribution in [0.1, 0.15) is 21.5 Å². The van der Waals surface area contributed by atoms with Crippen molar-refractivity contribution >= 4 is 18.0 Å². The van der Waals surface area contributed by atoms with Crippen molar-refractivity contribution in [3.63, 3.8) is 0 Å². The maximum atomic E-state index is 14.2. The third kappa shape index (κ3) is 3.51. The molecule has 0 spiro atoms. The molecule has 4 nitrogen and oxygen atoms in total. The molecule has 2 rings (SSSR count). The Bertz CT molecular complexity index is 878. The maximum absolute atomic E-state index is 14.2. The molecule has 0 unspecified atom stereocenters. The summed E-state index contributed by atoms with van der Waals surface area (Å²) in [6, 6.07) is 2.66. The summed E-state index contributed by atoms with van der Waals surface area (Å²) < 4.78 is 68.0. The molecule has 0 atom stereocenters. The minimum atomic E-state index is -4.93. The molecule has 2 aromatic rings. The Kier molecular flexibility index (Phi) is 5.29. The summed E-state index contributed by atoms with van der Waals surface area (Å²) in [5.41, 5.74) is -3.20. The van der Waals surface area contributed by atoms with Gasteiger partial charge in [0.2, 0.25) is 6.41 Å². The van der Waals surface area contributed by atoms with Crippen LogP contribution in [0.4, 0.5) is 27.6 Å². The third-order valence-electron chi connectivity index (χ3n) is 3.76. The Morgan fingerprint density at radius 3 is 2.31 bits per heavy atom. The lowest BCUT2D eigenvalue weighted by molar-refractivity contribution is -0.137. The number of alkyl halides is 3. The van der Waals surface area contributed by atoms with Gasteiger partial charge in [-0.15, -0.1) is 0 Å². The standard InChI is InChI=1S/C17H13F5N2O2/c1-8-14(10-4-3-9(18)5-13(10)19)12(17(20,21)22)6-11(16(26)23-2)15(8)24-7-25/h3-7H,1-2H3,(H,23,26)(H,24,25). The van der Waals surface area contributed by atoms with Crippen LogP contribution in [0.5, 0.6) is 0 Å². The van der Waals surface area contributed by atoms with E-state index >= 15 is 0 Å². The predicted octanol–water partition coefficient (Wildman–Crippen LogP) is 3.89. The van der Waals surface area contributed by atoms with Crippen molar-refractivity contribution in [3.05, 3.63) is 52.6 Å². The third-order valence-corrected chi connectivity index (χ3v) is 3.76. The number of carbonyl (C=O) groups excluding carboxylic acids is 2. The normalized spacial score (nSPS) is 11.2. The van der Waals surface area contributed by atoms with E-state index in [0.29, 0.717) is 12.1 Å². The average Bonchev–Trinajstić information content (AvgIpc) is 2.55. The molecule has 0 aliphatic rings. The Morgan fingerprint density at radius 1 is 1.15 bits per heavy atom. The van der Waals surface area contributed by atoms with Crippen molar-refractivity contribution in [2.75, 3.05) is 12.4 Å². The predicted molar refractivity (Wildman–Crippen MR) is 84.6 cm³/mol. The second-order valence-electron chi connectivity index (χ2n) is 5.31. The van der Waals surface area contributed by atoms with Crippen molar-refractivity contribution < 1.29 is 31.5 Å². The molecule has 0 radical (unpaired) electrons. The number of benzene rings is 2. The van der Waals surface area contributed by atoms with Crippen LogP contribution in [0.2, 0.25) is 0 Å². The highest BCUT2D eigenvalue weighted by Gasteiger charge is 2.37. The van der Waals surface area contributed by atoms with Gasteiger partial charge in [-0.2, -0.15) is 13.2 Å². The van der Waals surface area contributed by atoms with Gasteiger partial charge in [0.15, 0.2) is 0 Å². The van der Waals surface area contributed by atoms with E-state index in [1.807, 2.05) is 0 Å². The molecular formula is C17H13F5N2O2.